The number of nitrogens with one attached hydrogen (secondary N) is 2. The molecule has 2 aliphatic rings. The van der Waals surface area contributed by atoms with E-state index in [9.17, 15) is 4.79 Å². The topological polar surface area (TPSA) is 41.1 Å². The number of aryl methyl sites for hydroxylation is 2. The number of rotatable bonds is 2. The van der Waals surface area contributed by atoms with Crippen molar-refractivity contribution < 1.29 is 4.79 Å². The Morgan fingerprint density at radius 2 is 2.09 bits per heavy atom. The SMILES string of the molecule is O=C(NC1CCCNC1)c1cc2c(s1)-c1ccccc1CC2. The average Bonchev–Trinajstić information content (AvgIpc) is 3.00. The number of benzene rings is 1. The van der Waals surface area contributed by atoms with Crippen molar-refractivity contribution in [3.05, 3.63) is 46.3 Å². The smallest absolute Gasteiger partial charge is 0.261 e. The van der Waals surface area contributed by atoms with Gasteiger partial charge in [-0.25, -0.2) is 0 Å². The molecule has 0 radical (unpaired) electrons. The van der Waals surface area contributed by atoms with Crippen molar-refractivity contribution in [1.29, 1.82) is 0 Å². The molecule has 0 saturated carbocycles. The standard InChI is InChI=1S/C18H20N2OS/c21-18(20-14-5-3-9-19-11-14)16-10-13-8-7-12-4-1-2-6-15(12)17(13)22-16/h1-2,4,6,10,14,19H,3,5,7-9,11H2,(H,20,21). The van der Waals surface area contributed by atoms with Crippen molar-refractivity contribution in [1.82, 2.24) is 10.6 Å². The molecule has 2 heterocycles. The third-order valence-electron chi connectivity index (χ3n) is 4.59. The Balaban J connectivity index is 1.57. The number of piperidine rings is 1. The number of fused-ring (bicyclic) bond motifs is 3. The van der Waals surface area contributed by atoms with Gasteiger partial charge in [0.05, 0.1) is 4.88 Å². The van der Waals surface area contributed by atoms with Crippen LogP contribution >= 0.6 is 11.3 Å². The zero-order valence-electron chi connectivity index (χ0n) is 12.5. The molecule has 114 valence electrons. The van der Waals surface area contributed by atoms with Crippen molar-refractivity contribution in [2.24, 2.45) is 0 Å². The van der Waals surface area contributed by atoms with E-state index in [1.165, 1.54) is 21.6 Å². The molecule has 1 atom stereocenters. The largest absolute Gasteiger partial charge is 0.347 e. The molecule has 1 aromatic carbocycles. The third kappa shape index (κ3) is 2.57. The molecule has 1 unspecified atom stereocenters. The minimum absolute atomic E-state index is 0.0885. The summed E-state index contributed by atoms with van der Waals surface area (Å²) in [5, 5.41) is 6.52. The van der Waals surface area contributed by atoms with Gasteiger partial charge in [-0.05, 0) is 55.0 Å². The summed E-state index contributed by atoms with van der Waals surface area (Å²) < 4.78 is 0. The summed E-state index contributed by atoms with van der Waals surface area (Å²) in [6.45, 7) is 1.95. The predicted molar refractivity (Wildman–Crippen MR) is 90.5 cm³/mol. The number of amides is 1. The van der Waals surface area contributed by atoms with Crippen molar-refractivity contribution in [2.45, 2.75) is 31.7 Å². The summed E-state index contributed by atoms with van der Waals surface area (Å²) in [6, 6.07) is 10.9. The van der Waals surface area contributed by atoms with Crippen LogP contribution in [0, 0.1) is 0 Å². The lowest BCUT2D eigenvalue weighted by molar-refractivity contribution is 0.0935. The molecule has 1 amide bonds. The maximum Gasteiger partial charge on any atom is 0.261 e. The molecule has 1 saturated heterocycles. The lowest BCUT2D eigenvalue weighted by Gasteiger charge is -2.23. The molecule has 4 heteroatoms. The van der Waals surface area contributed by atoms with E-state index in [1.807, 2.05) is 0 Å². The van der Waals surface area contributed by atoms with E-state index in [0.29, 0.717) is 0 Å². The molecule has 2 N–H and O–H groups in total. The first kappa shape index (κ1) is 14.0. The normalized spacial score (nSPS) is 20.1. The van der Waals surface area contributed by atoms with Crippen LogP contribution in [0.1, 0.15) is 33.6 Å². The van der Waals surface area contributed by atoms with Crippen LogP contribution in [0.2, 0.25) is 0 Å². The van der Waals surface area contributed by atoms with Crippen molar-refractivity contribution in [3.63, 3.8) is 0 Å². The highest BCUT2D eigenvalue weighted by molar-refractivity contribution is 7.17. The summed E-state index contributed by atoms with van der Waals surface area (Å²) in [6.07, 6.45) is 4.33. The first-order chi connectivity index (χ1) is 10.8. The van der Waals surface area contributed by atoms with Gasteiger partial charge in [0.25, 0.3) is 5.91 Å². The zero-order chi connectivity index (χ0) is 14.9. The Bertz CT molecular complexity index is 701. The second-order valence-corrected chi connectivity index (χ2v) is 7.19. The number of hydrogen-bond donors (Lipinski definition) is 2. The summed E-state index contributed by atoms with van der Waals surface area (Å²) in [7, 11) is 0. The van der Waals surface area contributed by atoms with E-state index in [2.05, 4.69) is 41.0 Å². The van der Waals surface area contributed by atoms with Crippen LogP contribution in [-0.4, -0.2) is 25.0 Å². The number of carbonyl (C=O) groups excluding carboxylic acids is 1. The molecule has 2 aromatic rings. The van der Waals surface area contributed by atoms with Gasteiger partial charge < -0.3 is 10.6 Å². The summed E-state index contributed by atoms with van der Waals surface area (Å²) in [5.74, 6) is 0.0885. The van der Waals surface area contributed by atoms with Crippen LogP contribution in [0.5, 0.6) is 0 Å². The molecule has 1 aliphatic carbocycles. The molecule has 1 aliphatic heterocycles. The van der Waals surface area contributed by atoms with Gasteiger partial charge in [-0.15, -0.1) is 11.3 Å². The summed E-state index contributed by atoms with van der Waals surface area (Å²) in [4.78, 5) is 14.7. The second-order valence-electron chi connectivity index (χ2n) is 6.14. The maximum absolute atomic E-state index is 12.5. The van der Waals surface area contributed by atoms with Gasteiger partial charge in [0.1, 0.15) is 0 Å². The highest BCUT2D eigenvalue weighted by atomic mass is 32.1. The van der Waals surface area contributed by atoms with Crippen LogP contribution in [0.15, 0.2) is 30.3 Å². The van der Waals surface area contributed by atoms with Gasteiger partial charge >= 0.3 is 0 Å². The second kappa shape index (κ2) is 5.86. The zero-order valence-corrected chi connectivity index (χ0v) is 13.3. The summed E-state index contributed by atoms with van der Waals surface area (Å²) in [5.41, 5.74) is 4.04. The highest BCUT2D eigenvalue weighted by Gasteiger charge is 2.23. The van der Waals surface area contributed by atoms with Gasteiger partial charge in [0.2, 0.25) is 0 Å². The van der Waals surface area contributed by atoms with Crippen LogP contribution in [0.3, 0.4) is 0 Å². The molecule has 3 nitrogen and oxygen atoms in total. The van der Waals surface area contributed by atoms with Crippen molar-refractivity contribution in [3.8, 4) is 10.4 Å². The van der Waals surface area contributed by atoms with Gasteiger partial charge in [-0.1, -0.05) is 24.3 Å². The molecular weight excluding hydrogens is 292 g/mol. The van der Waals surface area contributed by atoms with E-state index in [0.717, 1.165) is 43.6 Å². The molecular formula is C18H20N2OS. The Labute approximate surface area is 134 Å². The van der Waals surface area contributed by atoms with Gasteiger partial charge in [-0.2, -0.15) is 0 Å². The maximum atomic E-state index is 12.5. The van der Waals surface area contributed by atoms with Crippen LogP contribution in [-0.2, 0) is 12.8 Å². The molecule has 0 spiro atoms. The lowest BCUT2D eigenvalue weighted by Crippen LogP contribution is -2.45. The Kier molecular flexibility index (Phi) is 3.72. The van der Waals surface area contributed by atoms with Crippen molar-refractivity contribution in [2.75, 3.05) is 13.1 Å². The number of carbonyl (C=O) groups is 1. The average molecular weight is 312 g/mol. The first-order valence-electron chi connectivity index (χ1n) is 8.04. The predicted octanol–water partition coefficient (Wildman–Crippen LogP) is 3.00. The molecule has 22 heavy (non-hydrogen) atoms. The van der Waals surface area contributed by atoms with E-state index < -0.39 is 0 Å². The molecule has 1 aromatic heterocycles. The van der Waals surface area contributed by atoms with Gasteiger partial charge in [0, 0.05) is 17.5 Å². The third-order valence-corrected chi connectivity index (χ3v) is 5.80. The van der Waals surface area contributed by atoms with Crippen LogP contribution < -0.4 is 10.6 Å². The summed E-state index contributed by atoms with van der Waals surface area (Å²) >= 11 is 1.64. The number of hydrogen-bond acceptors (Lipinski definition) is 3. The minimum Gasteiger partial charge on any atom is -0.347 e. The van der Waals surface area contributed by atoms with E-state index >= 15 is 0 Å². The minimum atomic E-state index is 0.0885. The fourth-order valence-corrected chi connectivity index (χ4v) is 4.59. The number of thiophene rings is 1. The van der Waals surface area contributed by atoms with Crippen LogP contribution in [0.4, 0.5) is 0 Å². The molecule has 0 bridgehead atoms. The van der Waals surface area contributed by atoms with Crippen molar-refractivity contribution >= 4 is 17.2 Å². The first-order valence-corrected chi connectivity index (χ1v) is 8.85. The fourth-order valence-electron chi connectivity index (χ4n) is 3.42. The Morgan fingerprint density at radius 3 is 2.95 bits per heavy atom. The van der Waals surface area contributed by atoms with E-state index in [4.69, 9.17) is 0 Å². The lowest BCUT2D eigenvalue weighted by atomic mass is 9.91. The fraction of sp³-hybridized carbons (Fsp3) is 0.389. The monoisotopic (exact) mass is 312 g/mol. The van der Waals surface area contributed by atoms with Gasteiger partial charge in [-0.3, -0.25) is 4.79 Å². The van der Waals surface area contributed by atoms with Crippen LogP contribution in [0.25, 0.3) is 10.4 Å². The highest BCUT2D eigenvalue weighted by Crippen LogP contribution is 2.39. The quantitative estimate of drug-likeness (QED) is 0.895. The van der Waals surface area contributed by atoms with E-state index in [1.54, 1.807) is 11.3 Å². The Hall–Kier alpha value is -1.65. The van der Waals surface area contributed by atoms with Gasteiger partial charge in [0.15, 0.2) is 0 Å². The Morgan fingerprint density at radius 1 is 1.23 bits per heavy atom. The molecule has 4 rings (SSSR count). The molecule has 1 fully saturated rings. The van der Waals surface area contributed by atoms with E-state index in [-0.39, 0.29) is 11.9 Å².